The molecule has 1 N–H and O–H groups in total. The molecule has 130 valence electrons. The van der Waals surface area contributed by atoms with Crippen molar-refractivity contribution >= 4 is 33.7 Å². The second kappa shape index (κ2) is 8.39. The van der Waals surface area contributed by atoms with Gasteiger partial charge in [0.05, 0.1) is 22.8 Å². The summed E-state index contributed by atoms with van der Waals surface area (Å²) in [7, 11) is 0. The lowest BCUT2D eigenvalue weighted by atomic mass is 10.2. The molecule has 0 bridgehead atoms. The van der Waals surface area contributed by atoms with Crippen LogP contribution >= 0.6 is 15.9 Å². The molecule has 2 aromatic rings. The van der Waals surface area contributed by atoms with E-state index in [4.69, 9.17) is 4.74 Å². The molecule has 0 atom stereocenters. The number of carbonyl (C=O) groups is 1. The minimum absolute atomic E-state index is 0.0464. The number of rotatable bonds is 6. The fourth-order valence-corrected chi connectivity index (χ4v) is 2.34. The maximum atomic E-state index is 12.3. The Balaban J connectivity index is 2.13. The summed E-state index contributed by atoms with van der Waals surface area (Å²) in [5, 5.41) is 14.6. The number of nitro benzene ring substituents is 1. The maximum Gasteiger partial charge on any atom is 0.275 e. The van der Waals surface area contributed by atoms with Gasteiger partial charge in [-0.2, -0.15) is 5.10 Å². The van der Waals surface area contributed by atoms with Crippen molar-refractivity contribution in [2.45, 2.75) is 20.0 Å². The number of non-ortho nitro benzene ring substituents is 1. The number of benzene rings is 2. The second-order valence-corrected chi connectivity index (χ2v) is 6.27. The molecule has 2 rings (SSSR count). The van der Waals surface area contributed by atoms with E-state index in [1.54, 1.807) is 30.3 Å². The van der Waals surface area contributed by atoms with Gasteiger partial charge in [-0.25, -0.2) is 5.43 Å². The molecule has 2 aromatic carbocycles. The quantitative estimate of drug-likeness (QED) is 0.447. The van der Waals surface area contributed by atoms with Gasteiger partial charge in [-0.15, -0.1) is 0 Å². The molecule has 0 fully saturated rings. The van der Waals surface area contributed by atoms with E-state index in [1.165, 1.54) is 18.3 Å². The minimum atomic E-state index is -0.493. The van der Waals surface area contributed by atoms with Gasteiger partial charge < -0.3 is 4.74 Å². The van der Waals surface area contributed by atoms with E-state index in [9.17, 15) is 14.9 Å². The van der Waals surface area contributed by atoms with E-state index in [0.717, 1.165) is 4.47 Å². The summed E-state index contributed by atoms with van der Waals surface area (Å²) in [6.45, 7) is 3.73. The normalized spacial score (nSPS) is 10.9. The molecule has 0 spiro atoms. The molecule has 0 radical (unpaired) electrons. The van der Waals surface area contributed by atoms with Gasteiger partial charge in [-0.05, 0) is 32.0 Å². The van der Waals surface area contributed by atoms with Crippen molar-refractivity contribution in [1.29, 1.82) is 0 Å². The van der Waals surface area contributed by atoms with Gasteiger partial charge in [0.15, 0.2) is 0 Å². The first-order chi connectivity index (χ1) is 11.9. The van der Waals surface area contributed by atoms with Crippen LogP contribution in [0.1, 0.15) is 29.8 Å². The molecule has 7 nitrogen and oxygen atoms in total. The molecule has 0 heterocycles. The van der Waals surface area contributed by atoms with Crippen LogP contribution in [-0.2, 0) is 0 Å². The van der Waals surface area contributed by atoms with Gasteiger partial charge >= 0.3 is 0 Å². The number of hydrogen-bond donors (Lipinski definition) is 1. The zero-order valence-electron chi connectivity index (χ0n) is 13.6. The van der Waals surface area contributed by atoms with E-state index in [-0.39, 0.29) is 11.8 Å². The number of nitro groups is 1. The van der Waals surface area contributed by atoms with Crippen molar-refractivity contribution in [2.75, 3.05) is 0 Å². The molecule has 0 unspecified atom stereocenters. The zero-order valence-corrected chi connectivity index (χ0v) is 15.2. The summed E-state index contributed by atoms with van der Waals surface area (Å²) in [6.07, 6.45) is 1.26. The smallest absolute Gasteiger partial charge is 0.275 e. The molecule has 1 amide bonds. The summed E-state index contributed by atoms with van der Waals surface area (Å²) in [5.41, 5.74) is 3.19. The van der Waals surface area contributed by atoms with Gasteiger partial charge in [-0.1, -0.05) is 28.1 Å². The highest BCUT2D eigenvalue weighted by Crippen LogP contribution is 2.24. The summed E-state index contributed by atoms with van der Waals surface area (Å²) in [5.74, 6) is -0.000111. The van der Waals surface area contributed by atoms with Crippen LogP contribution in [0.5, 0.6) is 5.75 Å². The van der Waals surface area contributed by atoms with Crippen LogP contribution in [0.2, 0.25) is 0 Å². The van der Waals surface area contributed by atoms with Crippen LogP contribution in [-0.4, -0.2) is 23.1 Å². The van der Waals surface area contributed by atoms with Crippen LogP contribution in [0.25, 0.3) is 0 Å². The monoisotopic (exact) mass is 405 g/mol. The standard InChI is InChI=1S/C17H16BrN3O4/c1-11(2)25-16-7-6-13(18)9-15(16)17(22)20-19-10-12-4-3-5-14(8-12)21(23)24/h3-11H,1-2H3,(H,20,22)/b19-10-. The number of amides is 1. The number of ether oxygens (including phenoxy) is 1. The fraction of sp³-hybridized carbons (Fsp3) is 0.176. The Morgan fingerprint density at radius 3 is 2.76 bits per heavy atom. The number of hydrogen-bond acceptors (Lipinski definition) is 5. The predicted octanol–water partition coefficient (Wildman–Crippen LogP) is 3.91. The number of nitrogens with zero attached hydrogens (tertiary/aromatic N) is 2. The Bertz CT molecular complexity index is 821. The summed E-state index contributed by atoms with van der Waals surface area (Å²) < 4.78 is 6.35. The Kier molecular flexibility index (Phi) is 6.24. The van der Waals surface area contributed by atoms with E-state index in [2.05, 4.69) is 26.5 Å². The van der Waals surface area contributed by atoms with Gasteiger partial charge in [0.1, 0.15) is 5.75 Å². The predicted molar refractivity (Wildman–Crippen MR) is 98.1 cm³/mol. The van der Waals surface area contributed by atoms with Crippen LogP contribution in [0.4, 0.5) is 5.69 Å². The topological polar surface area (TPSA) is 93.8 Å². The van der Waals surface area contributed by atoms with Crippen LogP contribution < -0.4 is 10.2 Å². The van der Waals surface area contributed by atoms with Crippen molar-refractivity contribution < 1.29 is 14.5 Å². The van der Waals surface area contributed by atoms with Crippen molar-refractivity contribution in [1.82, 2.24) is 5.43 Å². The van der Waals surface area contributed by atoms with Crippen molar-refractivity contribution in [3.8, 4) is 5.75 Å². The molecule has 0 aromatic heterocycles. The Hall–Kier alpha value is -2.74. The average Bonchev–Trinajstić information content (AvgIpc) is 2.56. The molecule has 0 aliphatic carbocycles. The fourth-order valence-electron chi connectivity index (χ4n) is 1.98. The Labute approximate surface area is 153 Å². The Morgan fingerprint density at radius 2 is 2.08 bits per heavy atom. The van der Waals surface area contributed by atoms with Crippen LogP contribution in [0, 0.1) is 10.1 Å². The molecule has 0 aliphatic rings. The number of hydrazone groups is 1. The zero-order chi connectivity index (χ0) is 18.4. The first kappa shape index (κ1) is 18.6. The molecule has 25 heavy (non-hydrogen) atoms. The average molecular weight is 406 g/mol. The van der Waals surface area contributed by atoms with E-state index >= 15 is 0 Å². The van der Waals surface area contributed by atoms with Gasteiger partial charge in [0, 0.05) is 22.2 Å². The number of halogens is 1. The lowest BCUT2D eigenvalue weighted by molar-refractivity contribution is -0.384. The maximum absolute atomic E-state index is 12.3. The number of carbonyl (C=O) groups excluding carboxylic acids is 1. The van der Waals surface area contributed by atoms with Crippen LogP contribution in [0.15, 0.2) is 52.0 Å². The SMILES string of the molecule is CC(C)Oc1ccc(Br)cc1C(=O)N/N=C\c1cccc([N+](=O)[O-])c1. The highest BCUT2D eigenvalue weighted by Gasteiger charge is 2.14. The third kappa shape index (κ3) is 5.39. The van der Waals surface area contributed by atoms with Gasteiger partial charge in [0.2, 0.25) is 0 Å². The van der Waals surface area contributed by atoms with Crippen molar-refractivity contribution in [3.63, 3.8) is 0 Å². The van der Waals surface area contributed by atoms with E-state index < -0.39 is 10.8 Å². The third-order valence-corrected chi connectivity index (χ3v) is 3.50. The lowest BCUT2D eigenvalue weighted by Gasteiger charge is -2.13. The third-order valence-electron chi connectivity index (χ3n) is 3.01. The van der Waals surface area contributed by atoms with E-state index in [1.807, 2.05) is 13.8 Å². The lowest BCUT2D eigenvalue weighted by Crippen LogP contribution is -2.20. The number of nitrogens with one attached hydrogen (secondary N) is 1. The largest absolute Gasteiger partial charge is 0.490 e. The highest BCUT2D eigenvalue weighted by atomic mass is 79.9. The molecule has 0 aliphatic heterocycles. The van der Waals surface area contributed by atoms with Crippen molar-refractivity contribution in [2.24, 2.45) is 5.10 Å². The summed E-state index contributed by atoms with van der Waals surface area (Å²) in [6, 6.07) is 11.0. The first-order valence-corrected chi connectivity index (χ1v) is 8.20. The highest BCUT2D eigenvalue weighted by molar-refractivity contribution is 9.10. The van der Waals surface area contributed by atoms with Gasteiger partial charge in [0.25, 0.3) is 11.6 Å². The molecule has 8 heteroatoms. The first-order valence-electron chi connectivity index (χ1n) is 7.41. The molecule has 0 saturated carbocycles. The molecule has 0 saturated heterocycles. The second-order valence-electron chi connectivity index (χ2n) is 5.36. The molecular weight excluding hydrogens is 390 g/mol. The van der Waals surface area contributed by atoms with Crippen molar-refractivity contribution in [3.05, 3.63) is 68.2 Å². The molecular formula is C17H16BrN3O4. The summed E-state index contributed by atoms with van der Waals surface area (Å²) >= 11 is 3.32. The summed E-state index contributed by atoms with van der Waals surface area (Å²) in [4.78, 5) is 22.6. The minimum Gasteiger partial charge on any atom is -0.490 e. The van der Waals surface area contributed by atoms with Gasteiger partial charge in [-0.3, -0.25) is 14.9 Å². The Morgan fingerprint density at radius 1 is 1.32 bits per heavy atom. The van der Waals surface area contributed by atoms with Crippen LogP contribution in [0.3, 0.4) is 0 Å². The van der Waals surface area contributed by atoms with E-state index in [0.29, 0.717) is 16.9 Å².